The number of amides is 1. The van der Waals surface area contributed by atoms with Crippen LogP contribution >= 0.6 is 11.6 Å². The predicted octanol–water partition coefficient (Wildman–Crippen LogP) is 2.12. The number of benzene rings is 1. The Balaban J connectivity index is 1.84. The number of aliphatic hydroxyl groups excluding tert-OH is 1. The number of nitrogens with one attached hydrogen (secondary N) is 1. The lowest BCUT2D eigenvalue weighted by molar-refractivity contribution is 0.0818. The van der Waals surface area contributed by atoms with E-state index >= 15 is 0 Å². The van der Waals surface area contributed by atoms with Crippen molar-refractivity contribution in [2.24, 2.45) is 5.92 Å². The highest BCUT2D eigenvalue weighted by molar-refractivity contribution is 6.30. The van der Waals surface area contributed by atoms with Crippen LogP contribution < -0.4 is 5.32 Å². The lowest BCUT2D eigenvalue weighted by Crippen LogP contribution is -2.51. The molecule has 0 radical (unpaired) electrons. The average molecular weight is 335 g/mol. The Bertz CT molecular complexity index is 741. The smallest absolute Gasteiger partial charge is 0.274 e. The first-order chi connectivity index (χ1) is 10.9. The summed E-state index contributed by atoms with van der Waals surface area (Å²) < 4.78 is 0. The molecule has 122 valence electrons. The van der Waals surface area contributed by atoms with Crippen LogP contribution in [0.4, 0.5) is 0 Å². The van der Waals surface area contributed by atoms with E-state index in [1.165, 1.54) is 4.80 Å². The van der Waals surface area contributed by atoms with Gasteiger partial charge in [-0.2, -0.15) is 9.90 Å². The van der Waals surface area contributed by atoms with E-state index in [1.807, 2.05) is 13.0 Å². The quantitative estimate of drug-likeness (QED) is 0.877. The van der Waals surface area contributed by atoms with Crippen LogP contribution in [-0.2, 0) is 0 Å². The number of hydrogen-bond donors (Lipinski definition) is 2. The first kappa shape index (κ1) is 16.0. The molecule has 1 amide bonds. The summed E-state index contributed by atoms with van der Waals surface area (Å²) in [6, 6.07) is 7.10. The van der Waals surface area contributed by atoms with Crippen molar-refractivity contribution in [1.82, 2.24) is 20.3 Å². The topological polar surface area (TPSA) is 80.0 Å². The molecule has 1 aliphatic rings. The zero-order valence-corrected chi connectivity index (χ0v) is 13.8. The molecular weight excluding hydrogens is 316 g/mol. The van der Waals surface area contributed by atoms with Crippen molar-refractivity contribution in [2.75, 3.05) is 6.61 Å². The Labute approximate surface area is 139 Å². The number of hydrogen-bond acceptors (Lipinski definition) is 4. The highest BCUT2D eigenvalue weighted by Crippen LogP contribution is 2.39. The van der Waals surface area contributed by atoms with E-state index in [-0.39, 0.29) is 18.2 Å². The third-order valence-electron chi connectivity index (χ3n) is 4.24. The summed E-state index contributed by atoms with van der Waals surface area (Å²) >= 11 is 5.98. The van der Waals surface area contributed by atoms with Gasteiger partial charge in [-0.25, -0.2) is 0 Å². The molecule has 1 aromatic heterocycles. The van der Waals surface area contributed by atoms with Crippen molar-refractivity contribution in [3.8, 4) is 5.69 Å². The largest absolute Gasteiger partial charge is 0.394 e. The van der Waals surface area contributed by atoms with Crippen molar-refractivity contribution in [2.45, 2.75) is 32.2 Å². The van der Waals surface area contributed by atoms with Crippen molar-refractivity contribution < 1.29 is 9.90 Å². The Hall–Kier alpha value is -1.92. The molecule has 1 aliphatic carbocycles. The molecule has 6 nitrogen and oxygen atoms in total. The van der Waals surface area contributed by atoms with Crippen LogP contribution in [0.5, 0.6) is 0 Å². The number of aryl methyl sites for hydroxylation is 1. The van der Waals surface area contributed by atoms with E-state index in [0.717, 1.165) is 12.8 Å². The minimum Gasteiger partial charge on any atom is -0.394 e. The Morgan fingerprint density at radius 1 is 1.48 bits per heavy atom. The van der Waals surface area contributed by atoms with E-state index in [4.69, 9.17) is 11.6 Å². The van der Waals surface area contributed by atoms with Gasteiger partial charge in [0, 0.05) is 5.02 Å². The Morgan fingerprint density at radius 3 is 2.83 bits per heavy atom. The van der Waals surface area contributed by atoms with Crippen LogP contribution in [0.2, 0.25) is 5.02 Å². The van der Waals surface area contributed by atoms with Gasteiger partial charge in [-0.1, -0.05) is 17.7 Å². The van der Waals surface area contributed by atoms with E-state index in [1.54, 1.807) is 25.1 Å². The maximum atomic E-state index is 12.5. The molecule has 0 spiro atoms. The number of carbonyl (C=O) groups excluding carboxylic acids is 1. The molecule has 1 unspecified atom stereocenters. The van der Waals surface area contributed by atoms with Gasteiger partial charge in [0.05, 0.1) is 23.5 Å². The highest BCUT2D eigenvalue weighted by atomic mass is 35.5. The second-order valence-corrected chi connectivity index (χ2v) is 6.64. The van der Waals surface area contributed by atoms with Crippen LogP contribution in [0.1, 0.15) is 35.9 Å². The molecule has 3 rings (SSSR count). The minimum atomic E-state index is -0.608. The van der Waals surface area contributed by atoms with Gasteiger partial charge in [0.25, 0.3) is 5.91 Å². The minimum absolute atomic E-state index is 0.0924. The average Bonchev–Trinajstić information content (AvgIpc) is 3.30. The van der Waals surface area contributed by atoms with Crippen LogP contribution in [0.15, 0.2) is 24.3 Å². The first-order valence-corrected chi connectivity index (χ1v) is 7.94. The van der Waals surface area contributed by atoms with Gasteiger partial charge >= 0.3 is 0 Å². The van der Waals surface area contributed by atoms with Gasteiger partial charge in [-0.05, 0) is 50.8 Å². The number of aromatic nitrogens is 3. The summed E-state index contributed by atoms with van der Waals surface area (Å²) in [7, 11) is 0. The molecule has 2 aromatic rings. The van der Waals surface area contributed by atoms with Crippen LogP contribution in [0.3, 0.4) is 0 Å². The fraction of sp³-hybridized carbons (Fsp3) is 0.438. The van der Waals surface area contributed by atoms with Gasteiger partial charge in [0.1, 0.15) is 0 Å². The molecule has 7 heteroatoms. The first-order valence-electron chi connectivity index (χ1n) is 7.56. The lowest BCUT2D eigenvalue weighted by atomic mass is 9.97. The molecule has 2 N–H and O–H groups in total. The van der Waals surface area contributed by atoms with E-state index in [2.05, 4.69) is 15.5 Å². The number of rotatable bonds is 5. The molecule has 1 aromatic carbocycles. The van der Waals surface area contributed by atoms with Crippen molar-refractivity contribution >= 4 is 17.5 Å². The normalized spacial score (nSPS) is 16.9. The van der Waals surface area contributed by atoms with Crippen molar-refractivity contribution in [3.63, 3.8) is 0 Å². The monoisotopic (exact) mass is 334 g/mol. The van der Waals surface area contributed by atoms with E-state index in [0.29, 0.717) is 22.3 Å². The summed E-state index contributed by atoms with van der Waals surface area (Å²) in [5, 5.41) is 21.6. The molecule has 0 aliphatic heterocycles. The number of nitrogens with zero attached hydrogens (tertiary/aromatic N) is 3. The lowest BCUT2D eigenvalue weighted by Gasteiger charge is -2.28. The van der Waals surface area contributed by atoms with E-state index < -0.39 is 5.54 Å². The van der Waals surface area contributed by atoms with Gasteiger partial charge in [-0.15, -0.1) is 5.10 Å². The fourth-order valence-electron chi connectivity index (χ4n) is 2.61. The SMILES string of the molecule is Cc1nn(-c2cccc(Cl)c2)nc1C(=O)NC(C)(CO)C1CC1. The van der Waals surface area contributed by atoms with E-state index in [9.17, 15) is 9.90 Å². The summed E-state index contributed by atoms with van der Waals surface area (Å²) in [5.74, 6) is -0.000964. The van der Waals surface area contributed by atoms with Crippen molar-refractivity contribution in [3.05, 3.63) is 40.7 Å². The molecule has 1 heterocycles. The fourth-order valence-corrected chi connectivity index (χ4v) is 2.80. The third kappa shape index (κ3) is 3.23. The molecule has 23 heavy (non-hydrogen) atoms. The number of aliphatic hydroxyl groups is 1. The standard InChI is InChI=1S/C16H19ClN4O2/c1-10-14(15(23)18-16(2,9-22)11-6-7-11)20-21(19-10)13-5-3-4-12(17)8-13/h3-5,8,11,22H,6-7,9H2,1-2H3,(H,18,23). The summed E-state index contributed by atoms with van der Waals surface area (Å²) in [5.41, 5.74) is 0.860. The summed E-state index contributed by atoms with van der Waals surface area (Å²) in [6.45, 7) is 3.50. The molecule has 1 saturated carbocycles. The molecule has 1 fully saturated rings. The number of carbonyl (C=O) groups is 1. The van der Waals surface area contributed by atoms with Gasteiger partial charge in [-0.3, -0.25) is 4.79 Å². The molecule has 0 bridgehead atoms. The molecule has 1 atom stereocenters. The van der Waals surface area contributed by atoms with Crippen LogP contribution in [-0.4, -0.2) is 38.2 Å². The zero-order valence-electron chi connectivity index (χ0n) is 13.1. The van der Waals surface area contributed by atoms with Gasteiger partial charge in [0.2, 0.25) is 0 Å². The van der Waals surface area contributed by atoms with Gasteiger partial charge in [0.15, 0.2) is 5.69 Å². The van der Waals surface area contributed by atoms with Gasteiger partial charge < -0.3 is 10.4 Å². The Kier molecular flexibility index (Phi) is 4.12. The number of halogens is 1. The summed E-state index contributed by atoms with van der Waals surface area (Å²) in [4.78, 5) is 13.9. The third-order valence-corrected chi connectivity index (χ3v) is 4.48. The Morgan fingerprint density at radius 2 is 2.22 bits per heavy atom. The highest BCUT2D eigenvalue weighted by Gasteiger charge is 2.42. The maximum Gasteiger partial charge on any atom is 0.274 e. The second kappa shape index (κ2) is 5.94. The molecule has 0 saturated heterocycles. The van der Waals surface area contributed by atoms with Crippen molar-refractivity contribution in [1.29, 1.82) is 0 Å². The molecular formula is C16H19ClN4O2. The predicted molar refractivity (Wildman–Crippen MR) is 86.8 cm³/mol. The summed E-state index contributed by atoms with van der Waals surface area (Å²) in [6.07, 6.45) is 2.04. The maximum absolute atomic E-state index is 12.5. The second-order valence-electron chi connectivity index (χ2n) is 6.21. The van der Waals surface area contributed by atoms with Crippen LogP contribution in [0, 0.1) is 12.8 Å². The van der Waals surface area contributed by atoms with Crippen LogP contribution in [0.25, 0.3) is 5.69 Å². The zero-order chi connectivity index (χ0) is 16.6.